The first-order chi connectivity index (χ1) is 9.48. The van der Waals surface area contributed by atoms with Gasteiger partial charge in [0.15, 0.2) is 5.82 Å². The van der Waals surface area contributed by atoms with Crippen LogP contribution in [0.15, 0.2) is 4.52 Å². The molecule has 0 saturated carbocycles. The Morgan fingerprint density at radius 1 is 1.55 bits per heavy atom. The molecule has 2 rings (SSSR count). The topological polar surface area (TPSA) is 68.5 Å². The molecule has 0 aromatic carbocycles. The Hall–Kier alpha value is -1.43. The van der Waals surface area contributed by atoms with Crippen molar-refractivity contribution in [1.29, 1.82) is 0 Å². The molecule has 1 fully saturated rings. The van der Waals surface area contributed by atoms with Gasteiger partial charge in [-0.1, -0.05) is 19.0 Å². The van der Waals surface area contributed by atoms with E-state index in [-0.39, 0.29) is 11.9 Å². The minimum atomic E-state index is -0.408. The maximum Gasteiger partial charge on any atom is 0.313 e. The highest BCUT2D eigenvalue weighted by Crippen LogP contribution is 2.39. The van der Waals surface area contributed by atoms with Crippen LogP contribution < -0.4 is 0 Å². The second-order valence-corrected chi connectivity index (χ2v) is 5.72. The number of carbonyl (C=O) groups is 1. The Morgan fingerprint density at radius 2 is 2.30 bits per heavy atom. The largest absolute Gasteiger partial charge is 0.466 e. The summed E-state index contributed by atoms with van der Waals surface area (Å²) >= 11 is 0. The summed E-state index contributed by atoms with van der Waals surface area (Å²) in [5.41, 5.74) is -0.408. The summed E-state index contributed by atoms with van der Waals surface area (Å²) in [6.45, 7) is 10.4. The van der Waals surface area contributed by atoms with Gasteiger partial charge in [-0.3, -0.25) is 9.69 Å². The number of hydrogen-bond acceptors (Lipinski definition) is 6. The van der Waals surface area contributed by atoms with E-state index in [1.54, 1.807) is 6.92 Å². The van der Waals surface area contributed by atoms with Gasteiger partial charge in [0.1, 0.15) is 0 Å². The van der Waals surface area contributed by atoms with Gasteiger partial charge in [-0.05, 0) is 25.8 Å². The minimum absolute atomic E-state index is 0.0817. The van der Waals surface area contributed by atoms with Gasteiger partial charge in [-0.15, -0.1) is 0 Å². The van der Waals surface area contributed by atoms with Gasteiger partial charge in [0.2, 0.25) is 5.89 Å². The number of hydrogen-bond donors (Lipinski definition) is 0. The van der Waals surface area contributed by atoms with Gasteiger partial charge < -0.3 is 9.26 Å². The van der Waals surface area contributed by atoms with E-state index in [9.17, 15) is 4.79 Å². The SMILES string of the molecule is CCOC(=O)[C@]1(C(C)C)CCN(Cc2noc(C)n2)C1. The average Bonchev–Trinajstić information content (AvgIpc) is 2.98. The fourth-order valence-electron chi connectivity index (χ4n) is 2.80. The molecule has 0 bridgehead atoms. The zero-order chi connectivity index (χ0) is 14.8. The van der Waals surface area contributed by atoms with Crippen molar-refractivity contribution in [3.63, 3.8) is 0 Å². The Kier molecular flexibility index (Phi) is 4.42. The number of ether oxygens (including phenoxy) is 1. The van der Waals surface area contributed by atoms with Crippen LogP contribution in [0.3, 0.4) is 0 Å². The van der Waals surface area contributed by atoms with Crippen LogP contribution in [0.25, 0.3) is 0 Å². The first-order valence-corrected chi connectivity index (χ1v) is 7.16. The molecule has 6 heteroatoms. The highest BCUT2D eigenvalue weighted by atomic mass is 16.5. The third-order valence-electron chi connectivity index (χ3n) is 4.10. The van der Waals surface area contributed by atoms with E-state index in [4.69, 9.17) is 9.26 Å². The van der Waals surface area contributed by atoms with Gasteiger partial charge in [0.25, 0.3) is 0 Å². The molecule has 1 aliphatic heterocycles. The molecule has 0 aliphatic carbocycles. The summed E-state index contributed by atoms with van der Waals surface area (Å²) in [7, 11) is 0. The van der Waals surface area contributed by atoms with E-state index in [0.29, 0.717) is 31.4 Å². The quantitative estimate of drug-likeness (QED) is 0.766. The monoisotopic (exact) mass is 281 g/mol. The molecule has 0 radical (unpaired) electrons. The Balaban J connectivity index is 2.05. The summed E-state index contributed by atoms with van der Waals surface area (Å²) in [6, 6.07) is 0. The van der Waals surface area contributed by atoms with Gasteiger partial charge in [-0.25, -0.2) is 0 Å². The normalized spacial score (nSPS) is 23.4. The smallest absolute Gasteiger partial charge is 0.313 e. The first-order valence-electron chi connectivity index (χ1n) is 7.16. The summed E-state index contributed by atoms with van der Waals surface area (Å²) in [6.07, 6.45) is 0.820. The van der Waals surface area contributed by atoms with E-state index in [0.717, 1.165) is 13.0 Å². The van der Waals surface area contributed by atoms with E-state index in [1.807, 2.05) is 6.92 Å². The van der Waals surface area contributed by atoms with Crippen LogP contribution in [0.2, 0.25) is 0 Å². The van der Waals surface area contributed by atoms with Crippen molar-refractivity contribution in [1.82, 2.24) is 15.0 Å². The fourth-order valence-corrected chi connectivity index (χ4v) is 2.80. The molecule has 0 unspecified atom stereocenters. The van der Waals surface area contributed by atoms with Crippen molar-refractivity contribution in [3.05, 3.63) is 11.7 Å². The number of aromatic nitrogens is 2. The number of carbonyl (C=O) groups excluding carboxylic acids is 1. The molecule has 1 aromatic heterocycles. The molecule has 0 spiro atoms. The summed E-state index contributed by atoms with van der Waals surface area (Å²) in [4.78, 5) is 18.7. The van der Waals surface area contributed by atoms with Crippen molar-refractivity contribution in [2.75, 3.05) is 19.7 Å². The summed E-state index contributed by atoms with van der Waals surface area (Å²) < 4.78 is 10.3. The van der Waals surface area contributed by atoms with Crippen LogP contribution in [0.1, 0.15) is 38.9 Å². The zero-order valence-electron chi connectivity index (χ0n) is 12.7. The molecule has 0 N–H and O–H groups in total. The highest BCUT2D eigenvalue weighted by Gasteiger charge is 2.48. The molecule has 1 saturated heterocycles. The average molecular weight is 281 g/mol. The predicted molar refractivity (Wildman–Crippen MR) is 72.8 cm³/mol. The van der Waals surface area contributed by atoms with Crippen LogP contribution in [-0.4, -0.2) is 40.7 Å². The third-order valence-corrected chi connectivity index (χ3v) is 4.10. The number of aryl methyl sites for hydroxylation is 1. The van der Waals surface area contributed by atoms with Gasteiger partial charge in [0.05, 0.1) is 18.6 Å². The molecule has 2 heterocycles. The lowest BCUT2D eigenvalue weighted by Gasteiger charge is -2.30. The molecular formula is C14H23N3O3. The molecule has 112 valence electrons. The standard InChI is InChI=1S/C14H23N3O3/c1-5-19-13(18)14(10(2)3)6-7-17(9-14)8-12-15-11(4)20-16-12/h10H,5-9H2,1-4H3/t14-/m1/s1. The fraction of sp³-hybridized carbons (Fsp3) is 0.786. The molecule has 0 amide bonds. The Labute approximate surface area is 119 Å². The Morgan fingerprint density at radius 3 is 2.85 bits per heavy atom. The number of likely N-dealkylation sites (tertiary alicyclic amines) is 1. The lowest BCUT2D eigenvalue weighted by atomic mass is 9.76. The summed E-state index contributed by atoms with van der Waals surface area (Å²) in [5, 5.41) is 3.91. The second-order valence-electron chi connectivity index (χ2n) is 5.72. The Bertz CT molecular complexity index is 472. The minimum Gasteiger partial charge on any atom is -0.466 e. The predicted octanol–water partition coefficient (Wildman–Crippen LogP) is 1.79. The lowest BCUT2D eigenvalue weighted by molar-refractivity contribution is -0.157. The van der Waals surface area contributed by atoms with Crippen LogP contribution >= 0.6 is 0 Å². The lowest BCUT2D eigenvalue weighted by Crippen LogP contribution is -2.40. The molecule has 1 atom stereocenters. The van der Waals surface area contributed by atoms with Crippen molar-refractivity contribution in [3.8, 4) is 0 Å². The van der Waals surface area contributed by atoms with Gasteiger partial charge in [-0.2, -0.15) is 4.98 Å². The molecule has 1 aliphatic rings. The van der Waals surface area contributed by atoms with Crippen molar-refractivity contribution >= 4 is 5.97 Å². The first kappa shape index (κ1) is 15.0. The number of rotatable bonds is 5. The van der Waals surface area contributed by atoms with Gasteiger partial charge >= 0.3 is 5.97 Å². The molecular weight excluding hydrogens is 258 g/mol. The number of esters is 1. The molecule has 1 aromatic rings. The summed E-state index contributed by atoms with van der Waals surface area (Å²) in [5.74, 6) is 1.41. The van der Waals surface area contributed by atoms with Crippen LogP contribution in [0.5, 0.6) is 0 Å². The molecule has 20 heavy (non-hydrogen) atoms. The maximum absolute atomic E-state index is 12.3. The maximum atomic E-state index is 12.3. The molecule has 6 nitrogen and oxygen atoms in total. The third kappa shape index (κ3) is 2.85. The van der Waals surface area contributed by atoms with Crippen molar-refractivity contribution in [2.24, 2.45) is 11.3 Å². The zero-order valence-corrected chi connectivity index (χ0v) is 12.7. The number of nitrogens with zero attached hydrogens (tertiary/aromatic N) is 3. The van der Waals surface area contributed by atoms with Gasteiger partial charge in [0, 0.05) is 13.5 Å². The van der Waals surface area contributed by atoms with Crippen LogP contribution in [0.4, 0.5) is 0 Å². The highest BCUT2D eigenvalue weighted by molar-refractivity contribution is 5.78. The van der Waals surface area contributed by atoms with Crippen molar-refractivity contribution < 1.29 is 14.1 Å². The van der Waals surface area contributed by atoms with E-state index >= 15 is 0 Å². The van der Waals surface area contributed by atoms with E-state index in [1.165, 1.54) is 0 Å². The van der Waals surface area contributed by atoms with Crippen molar-refractivity contribution in [2.45, 2.75) is 40.7 Å². The van der Waals surface area contributed by atoms with E-state index < -0.39 is 5.41 Å². The van der Waals surface area contributed by atoms with Crippen LogP contribution in [-0.2, 0) is 16.1 Å². The second kappa shape index (κ2) is 5.91. The van der Waals surface area contributed by atoms with Crippen LogP contribution in [0, 0.1) is 18.3 Å². The van der Waals surface area contributed by atoms with E-state index in [2.05, 4.69) is 28.9 Å².